The molecule has 144 valence electrons. The lowest BCUT2D eigenvalue weighted by molar-refractivity contribution is -0.0634. The molecule has 0 aromatic heterocycles. The van der Waals surface area contributed by atoms with E-state index in [9.17, 15) is 13.9 Å². The van der Waals surface area contributed by atoms with E-state index >= 15 is 0 Å². The normalized spacial score (nSPS) is 23.2. The minimum Gasteiger partial charge on any atom is -0.435 e. The molecule has 6 heteroatoms. The summed E-state index contributed by atoms with van der Waals surface area (Å²) in [4.78, 5) is 2.18. The van der Waals surface area contributed by atoms with Gasteiger partial charge in [-0.3, -0.25) is 0 Å². The fraction of sp³-hybridized carbons (Fsp3) is 0.600. The summed E-state index contributed by atoms with van der Waals surface area (Å²) >= 11 is 0. The largest absolute Gasteiger partial charge is 0.435 e. The topological polar surface area (TPSA) is 41.9 Å². The van der Waals surface area contributed by atoms with E-state index in [2.05, 4.69) is 21.9 Å². The maximum absolute atomic E-state index is 12.5. The fourth-order valence-electron chi connectivity index (χ4n) is 3.64. The minimum atomic E-state index is -2.82. The molecule has 26 heavy (non-hydrogen) atoms. The molecule has 1 fully saturated rings. The molecule has 0 amide bonds. The van der Waals surface area contributed by atoms with Crippen molar-refractivity contribution >= 4 is 5.69 Å². The van der Waals surface area contributed by atoms with Gasteiger partial charge in [0.25, 0.3) is 0 Å². The first kappa shape index (κ1) is 19.1. The number of hydrogen-bond acceptors (Lipinski definition) is 4. The van der Waals surface area contributed by atoms with Gasteiger partial charge in [0.2, 0.25) is 0 Å². The highest BCUT2D eigenvalue weighted by Gasteiger charge is 2.29. The number of allylic oxidation sites excluding steroid dienone is 1. The van der Waals surface area contributed by atoms with Crippen molar-refractivity contribution in [3.63, 3.8) is 0 Å². The Balaban J connectivity index is 1.64. The predicted molar refractivity (Wildman–Crippen MR) is 96.7 cm³/mol. The Morgan fingerprint density at radius 3 is 2.62 bits per heavy atom. The van der Waals surface area contributed by atoms with Crippen LogP contribution in [0.15, 0.2) is 30.5 Å². The highest BCUT2D eigenvalue weighted by molar-refractivity contribution is 5.62. The zero-order valence-corrected chi connectivity index (χ0v) is 15.3. The van der Waals surface area contributed by atoms with Crippen molar-refractivity contribution in [2.24, 2.45) is 0 Å². The summed E-state index contributed by atoms with van der Waals surface area (Å²) in [5.74, 6) is 0.196. The van der Waals surface area contributed by atoms with Crippen LogP contribution in [0.4, 0.5) is 14.5 Å². The van der Waals surface area contributed by atoms with Crippen molar-refractivity contribution in [2.45, 2.75) is 70.3 Å². The van der Waals surface area contributed by atoms with Crippen molar-refractivity contribution in [3.05, 3.63) is 36.0 Å². The van der Waals surface area contributed by atoms with Crippen molar-refractivity contribution in [1.82, 2.24) is 0 Å². The van der Waals surface area contributed by atoms with E-state index in [-0.39, 0.29) is 11.9 Å². The molecule has 2 aliphatic rings. The quantitative estimate of drug-likeness (QED) is 0.816. The predicted octanol–water partition coefficient (Wildman–Crippen LogP) is 4.26. The van der Waals surface area contributed by atoms with Crippen molar-refractivity contribution in [3.8, 4) is 5.75 Å². The van der Waals surface area contributed by atoms with Gasteiger partial charge in [0.1, 0.15) is 5.75 Å². The highest BCUT2D eigenvalue weighted by atomic mass is 19.3. The van der Waals surface area contributed by atoms with Gasteiger partial charge in [0.05, 0.1) is 18.3 Å². The Morgan fingerprint density at radius 2 is 1.96 bits per heavy atom. The molecule has 1 N–H and O–H groups in total. The van der Waals surface area contributed by atoms with E-state index in [4.69, 9.17) is 4.74 Å². The first-order valence-corrected chi connectivity index (χ1v) is 9.18. The third-order valence-electron chi connectivity index (χ3n) is 4.87. The second kappa shape index (κ2) is 7.92. The van der Waals surface area contributed by atoms with Gasteiger partial charge in [-0.1, -0.05) is 12.1 Å². The van der Waals surface area contributed by atoms with E-state index in [1.807, 2.05) is 6.07 Å². The number of halogens is 2. The Bertz CT molecular complexity index is 634. The van der Waals surface area contributed by atoms with Crippen LogP contribution < -0.4 is 9.64 Å². The van der Waals surface area contributed by atoms with Crippen LogP contribution in [0.3, 0.4) is 0 Å². The van der Waals surface area contributed by atoms with Crippen molar-refractivity contribution in [2.75, 3.05) is 11.5 Å². The zero-order valence-electron chi connectivity index (χ0n) is 15.3. The Kier molecular flexibility index (Phi) is 5.82. The summed E-state index contributed by atoms with van der Waals surface area (Å²) in [6.45, 7) is 1.01. The molecule has 1 heterocycles. The van der Waals surface area contributed by atoms with Crippen LogP contribution in [0, 0.1) is 0 Å². The third kappa shape index (κ3) is 4.95. The molecule has 4 nitrogen and oxygen atoms in total. The average molecular weight is 367 g/mol. The molecule has 1 aromatic carbocycles. The van der Waals surface area contributed by atoms with Gasteiger partial charge in [-0.05, 0) is 57.6 Å². The summed E-state index contributed by atoms with van der Waals surface area (Å²) in [5.41, 5.74) is 1.26. The molecule has 0 atom stereocenters. The number of nitrogens with zero attached hydrogens (tertiary/aromatic N) is 1. The highest BCUT2D eigenvalue weighted by Crippen LogP contribution is 2.36. The summed E-state index contributed by atoms with van der Waals surface area (Å²) in [6, 6.07) is 5.49. The lowest BCUT2D eigenvalue weighted by Gasteiger charge is -2.39. The third-order valence-corrected chi connectivity index (χ3v) is 4.87. The van der Waals surface area contributed by atoms with Crippen LogP contribution in [-0.2, 0) is 11.2 Å². The smallest absolute Gasteiger partial charge is 0.387 e. The van der Waals surface area contributed by atoms with Crippen LogP contribution in [0.1, 0.15) is 45.1 Å². The number of ether oxygens (including phenoxy) is 2. The van der Waals surface area contributed by atoms with Crippen LogP contribution in [0.25, 0.3) is 0 Å². The van der Waals surface area contributed by atoms with Crippen LogP contribution in [0.2, 0.25) is 0 Å². The first-order valence-electron chi connectivity index (χ1n) is 9.18. The van der Waals surface area contributed by atoms with Gasteiger partial charge in [0, 0.05) is 24.0 Å². The van der Waals surface area contributed by atoms with E-state index in [1.165, 1.54) is 0 Å². The van der Waals surface area contributed by atoms with Gasteiger partial charge in [-0.15, -0.1) is 0 Å². The number of anilines is 1. The van der Waals surface area contributed by atoms with E-state index in [0.29, 0.717) is 12.6 Å². The van der Waals surface area contributed by atoms with E-state index < -0.39 is 12.2 Å². The zero-order chi connectivity index (χ0) is 18.7. The minimum absolute atomic E-state index is 0.166. The number of aliphatic hydroxyl groups is 1. The van der Waals surface area contributed by atoms with Crippen LogP contribution in [-0.4, -0.2) is 36.1 Å². The Labute approximate surface area is 153 Å². The van der Waals surface area contributed by atoms with Gasteiger partial charge < -0.3 is 19.5 Å². The maximum Gasteiger partial charge on any atom is 0.387 e. The summed E-state index contributed by atoms with van der Waals surface area (Å²) < 4.78 is 35.4. The van der Waals surface area contributed by atoms with Gasteiger partial charge in [-0.25, -0.2) is 0 Å². The number of alkyl halides is 2. The van der Waals surface area contributed by atoms with Crippen molar-refractivity contribution in [1.29, 1.82) is 0 Å². The number of fused-ring (bicyclic) bond motifs is 1. The van der Waals surface area contributed by atoms with Crippen molar-refractivity contribution < 1.29 is 23.4 Å². The maximum atomic E-state index is 12.5. The number of hydrogen-bond donors (Lipinski definition) is 1. The molecular formula is C20H27F2NO3. The molecule has 3 rings (SSSR count). The van der Waals surface area contributed by atoms with E-state index in [1.54, 1.807) is 26.0 Å². The molecule has 1 aromatic rings. The lowest BCUT2D eigenvalue weighted by atomic mass is 9.90. The molecule has 0 bridgehead atoms. The van der Waals surface area contributed by atoms with Gasteiger partial charge in [0.15, 0.2) is 0 Å². The monoisotopic (exact) mass is 367 g/mol. The SMILES string of the molecule is CC(C)(O)COC1CCC(N2C=CCc3ccc(OC(F)F)cc32)CC1. The van der Waals surface area contributed by atoms with Gasteiger partial charge >= 0.3 is 6.61 Å². The molecule has 1 saturated carbocycles. The lowest BCUT2D eigenvalue weighted by Crippen LogP contribution is -2.39. The molecule has 1 aliphatic carbocycles. The molecular weight excluding hydrogens is 340 g/mol. The standard InChI is InChI=1S/C20H27F2NO3/c1-20(2,24)13-25-16-9-6-15(7-10-16)23-11-3-4-14-5-8-17(12-18(14)23)26-19(21)22/h3,5,8,11-12,15-16,19,24H,4,6-7,9-10,13H2,1-2H3. The summed E-state index contributed by atoms with van der Waals surface area (Å²) in [5, 5.41) is 9.79. The number of benzene rings is 1. The second-order valence-corrected chi connectivity index (χ2v) is 7.72. The molecule has 0 unspecified atom stereocenters. The Hall–Kier alpha value is -1.66. The average Bonchev–Trinajstić information content (AvgIpc) is 2.59. The molecule has 0 spiro atoms. The van der Waals surface area contributed by atoms with E-state index in [0.717, 1.165) is 43.4 Å². The second-order valence-electron chi connectivity index (χ2n) is 7.72. The Morgan fingerprint density at radius 1 is 1.23 bits per heavy atom. The number of rotatable bonds is 6. The summed E-state index contributed by atoms with van der Waals surface area (Å²) in [6.07, 6.45) is 8.88. The molecule has 1 aliphatic heterocycles. The molecule has 0 radical (unpaired) electrons. The first-order chi connectivity index (χ1) is 12.3. The fourth-order valence-corrected chi connectivity index (χ4v) is 3.64. The van der Waals surface area contributed by atoms with Gasteiger partial charge in [-0.2, -0.15) is 8.78 Å². The van der Waals surface area contributed by atoms with Crippen LogP contribution >= 0.6 is 0 Å². The summed E-state index contributed by atoms with van der Waals surface area (Å²) in [7, 11) is 0. The molecule has 0 saturated heterocycles. The van der Waals surface area contributed by atoms with Crippen LogP contribution in [0.5, 0.6) is 5.75 Å².